The van der Waals surface area contributed by atoms with Gasteiger partial charge in [0.05, 0.1) is 4.90 Å². The van der Waals surface area contributed by atoms with E-state index in [2.05, 4.69) is 17.6 Å². The van der Waals surface area contributed by atoms with Crippen molar-refractivity contribution in [2.75, 3.05) is 19.3 Å². The van der Waals surface area contributed by atoms with Crippen LogP contribution in [0.3, 0.4) is 0 Å². The van der Waals surface area contributed by atoms with Crippen LogP contribution in [0.5, 0.6) is 0 Å². The zero-order valence-electron chi connectivity index (χ0n) is 12.6. The van der Waals surface area contributed by atoms with Crippen LogP contribution in [0, 0.1) is 12.8 Å². The second-order valence-corrected chi connectivity index (χ2v) is 7.79. The van der Waals surface area contributed by atoms with Crippen molar-refractivity contribution in [3.8, 4) is 0 Å². The first kappa shape index (κ1) is 16.0. The summed E-state index contributed by atoms with van der Waals surface area (Å²) >= 11 is 0. The summed E-state index contributed by atoms with van der Waals surface area (Å²) in [6.07, 6.45) is 2.05. The van der Waals surface area contributed by atoms with Crippen molar-refractivity contribution >= 4 is 15.7 Å². The highest BCUT2D eigenvalue weighted by Gasteiger charge is 2.23. The molecule has 1 aromatic carbocycles. The van der Waals surface area contributed by atoms with Gasteiger partial charge in [-0.05, 0) is 50.0 Å². The largest absolute Gasteiger partial charge is 0.349 e. The lowest BCUT2D eigenvalue weighted by molar-refractivity contribution is 0.0914. The maximum absolute atomic E-state index is 12.3. The molecule has 2 rings (SSSR count). The zero-order valence-corrected chi connectivity index (χ0v) is 13.5. The van der Waals surface area contributed by atoms with Crippen molar-refractivity contribution in [3.05, 3.63) is 29.3 Å². The van der Waals surface area contributed by atoms with Crippen LogP contribution < -0.4 is 10.6 Å². The quantitative estimate of drug-likeness (QED) is 0.877. The number of nitrogens with one attached hydrogen (secondary N) is 2. The zero-order chi connectivity index (χ0) is 15.6. The van der Waals surface area contributed by atoms with E-state index < -0.39 is 9.84 Å². The van der Waals surface area contributed by atoms with Gasteiger partial charge in [0.2, 0.25) is 0 Å². The normalized spacial score (nSPS) is 22.8. The van der Waals surface area contributed by atoms with Crippen molar-refractivity contribution in [2.24, 2.45) is 5.92 Å². The minimum absolute atomic E-state index is 0.127. The van der Waals surface area contributed by atoms with Crippen LogP contribution in [-0.4, -0.2) is 39.7 Å². The monoisotopic (exact) mass is 310 g/mol. The maximum Gasteiger partial charge on any atom is 0.251 e. The summed E-state index contributed by atoms with van der Waals surface area (Å²) < 4.78 is 23.5. The number of hydrogen-bond acceptors (Lipinski definition) is 4. The minimum Gasteiger partial charge on any atom is -0.349 e. The molecule has 0 aliphatic carbocycles. The van der Waals surface area contributed by atoms with Crippen LogP contribution >= 0.6 is 0 Å². The Hall–Kier alpha value is -1.40. The molecule has 1 aromatic rings. The maximum atomic E-state index is 12.3. The lowest BCUT2D eigenvalue weighted by Gasteiger charge is -2.30. The molecule has 2 atom stereocenters. The summed E-state index contributed by atoms with van der Waals surface area (Å²) in [7, 11) is -3.32. The molecule has 0 bridgehead atoms. The second-order valence-electron chi connectivity index (χ2n) is 5.80. The molecule has 0 saturated carbocycles. The Bertz CT molecular complexity index is 640. The van der Waals surface area contributed by atoms with Gasteiger partial charge in [0.1, 0.15) is 0 Å². The summed E-state index contributed by atoms with van der Waals surface area (Å²) in [6, 6.07) is 4.94. The number of rotatable bonds is 3. The summed E-state index contributed by atoms with van der Waals surface area (Å²) in [5.41, 5.74) is 1.05. The van der Waals surface area contributed by atoms with E-state index in [0.29, 0.717) is 17.0 Å². The van der Waals surface area contributed by atoms with E-state index in [1.54, 1.807) is 19.1 Å². The summed E-state index contributed by atoms with van der Waals surface area (Å²) in [6.45, 7) is 5.59. The Labute approximate surface area is 126 Å². The van der Waals surface area contributed by atoms with Crippen LogP contribution in [0.2, 0.25) is 0 Å². The minimum atomic E-state index is -3.32. The van der Waals surface area contributed by atoms with Crippen molar-refractivity contribution < 1.29 is 13.2 Å². The van der Waals surface area contributed by atoms with E-state index in [0.717, 1.165) is 25.8 Å². The number of sulfone groups is 1. The second kappa shape index (κ2) is 6.15. The topological polar surface area (TPSA) is 75.3 Å². The van der Waals surface area contributed by atoms with Gasteiger partial charge >= 0.3 is 0 Å². The highest BCUT2D eigenvalue weighted by atomic mass is 32.2. The van der Waals surface area contributed by atoms with E-state index in [-0.39, 0.29) is 16.8 Å². The standard InChI is InChI=1S/C15H22N2O3S/c1-10-4-5-12(8-14(10)21(3,19)20)15(18)17-13-6-7-16-9-11(13)2/h4-5,8,11,13,16H,6-7,9H2,1-3H3,(H,17,18). The van der Waals surface area contributed by atoms with Crippen LogP contribution in [0.1, 0.15) is 29.3 Å². The van der Waals surface area contributed by atoms with Crippen LogP contribution in [0.15, 0.2) is 23.1 Å². The molecule has 5 nitrogen and oxygen atoms in total. The van der Waals surface area contributed by atoms with Crippen molar-refractivity contribution in [1.29, 1.82) is 0 Å². The van der Waals surface area contributed by atoms with Gasteiger partial charge in [-0.2, -0.15) is 0 Å². The van der Waals surface area contributed by atoms with E-state index in [4.69, 9.17) is 0 Å². The van der Waals surface area contributed by atoms with Crippen molar-refractivity contribution in [2.45, 2.75) is 31.2 Å². The van der Waals surface area contributed by atoms with Gasteiger partial charge in [0.15, 0.2) is 9.84 Å². The Morgan fingerprint density at radius 2 is 2.10 bits per heavy atom. The Kier molecular flexibility index (Phi) is 4.68. The lowest BCUT2D eigenvalue weighted by atomic mass is 9.95. The van der Waals surface area contributed by atoms with Gasteiger partial charge in [0.25, 0.3) is 5.91 Å². The van der Waals surface area contributed by atoms with E-state index in [1.807, 2.05) is 0 Å². The number of amides is 1. The third kappa shape index (κ3) is 3.83. The number of benzene rings is 1. The number of hydrogen-bond donors (Lipinski definition) is 2. The summed E-state index contributed by atoms with van der Waals surface area (Å²) in [5.74, 6) is 0.154. The molecule has 0 aromatic heterocycles. The Balaban J connectivity index is 2.20. The van der Waals surface area contributed by atoms with Gasteiger partial charge in [0, 0.05) is 17.9 Å². The third-order valence-electron chi connectivity index (χ3n) is 3.95. The van der Waals surface area contributed by atoms with Crippen LogP contribution in [-0.2, 0) is 9.84 Å². The Morgan fingerprint density at radius 1 is 1.38 bits per heavy atom. The molecule has 2 unspecified atom stereocenters. The first-order valence-corrected chi connectivity index (χ1v) is 9.00. The van der Waals surface area contributed by atoms with Gasteiger partial charge in [-0.3, -0.25) is 4.79 Å². The molecule has 1 fully saturated rings. The molecule has 1 heterocycles. The molecule has 0 radical (unpaired) electrons. The van der Waals surface area contributed by atoms with Crippen molar-refractivity contribution in [3.63, 3.8) is 0 Å². The lowest BCUT2D eigenvalue weighted by Crippen LogP contribution is -2.48. The fourth-order valence-corrected chi connectivity index (χ4v) is 3.61. The summed E-state index contributed by atoms with van der Waals surface area (Å²) in [4.78, 5) is 12.5. The highest BCUT2D eigenvalue weighted by molar-refractivity contribution is 7.90. The SMILES string of the molecule is Cc1ccc(C(=O)NC2CCNCC2C)cc1S(C)(=O)=O. The van der Waals surface area contributed by atoms with Crippen LogP contribution in [0.25, 0.3) is 0 Å². The number of carbonyl (C=O) groups excluding carboxylic acids is 1. The predicted octanol–water partition coefficient (Wildman–Crippen LogP) is 1.13. The molecule has 1 saturated heterocycles. The van der Waals surface area contributed by atoms with E-state index in [1.165, 1.54) is 6.07 Å². The van der Waals surface area contributed by atoms with Crippen molar-refractivity contribution in [1.82, 2.24) is 10.6 Å². The number of carbonyl (C=O) groups is 1. The average molecular weight is 310 g/mol. The van der Waals surface area contributed by atoms with E-state index in [9.17, 15) is 13.2 Å². The first-order chi connectivity index (χ1) is 9.79. The molecule has 116 valence electrons. The highest BCUT2D eigenvalue weighted by Crippen LogP contribution is 2.18. The van der Waals surface area contributed by atoms with Gasteiger partial charge in [-0.15, -0.1) is 0 Å². The third-order valence-corrected chi connectivity index (χ3v) is 5.19. The van der Waals surface area contributed by atoms with Gasteiger partial charge in [-0.25, -0.2) is 8.42 Å². The first-order valence-electron chi connectivity index (χ1n) is 7.11. The smallest absolute Gasteiger partial charge is 0.251 e. The molecule has 1 amide bonds. The summed E-state index contributed by atoms with van der Waals surface area (Å²) in [5, 5.41) is 6.29. The Morgan fingerprint density at radius 3 is 2.71 bits per heavy atom. The molecule has 6 heteroatoms. The van der Waals surface area contributed by atoms with E-state index >= 15 is 0 Å². The molecule has 21 heavy (non-hydrogen) atoms. The number of piperidine rings is 1. The fourth-order valence-electron chi connectivity index (χ4n) is 2.62. The molecular formula is C15H22N2O3S. The molecular weight excluding hydrogens is 288 g/mol. The molecule has 1 aliphatic heterocycles. The molecule has 0 spiro atoms. The van der Waals surface area contributed by atoms with Gasteiger partial charge < -0.3 is 10.6 Å². The molecule has 2 N–H and O–H groups in total. The number of aryl methyl sites for hydroxylation is 1. The average Bonchev–Trinajstić information content (AvgIpc) is 2.40. The predicted molar refractivity (Wildman–Crippen MR) is 82.2 cm³/mol. The molecule has 1 aliphatic rings. The van der Waals surface area contributed by atoms with Gasteiger partial charge in [-0.1, -0.05) is 13.0 Å². The van der Waals surface area contributed by atoms with Crippen LogP contribution in [0.4, 0.5) is 0 Å². The fraction of sp³-hybridized carbons (Fsp3) is 0.533.